The van der Waals surface area contributed by atoms with E-state index in [0.29, 0.717) is 16.3 Å². The van der Waals surface area contributed by atoms with E-state index in [1.54, 1.807) is 18.2 Å². The molecule has 4 rings (SSSR count). The zero-order valence-electron chi connectivity index (χ0n) is 22.6. The maximum absolute atomic E-state index is 13.6. The average molecular weight is 582 g/mol. The van der Waals surface area contributed by atoms with Gasteiger partial charge in [0.1, 0.15) is 18.1 Å². The summed E-state index contributed by atoms with van der Waals surface area (Å²) in [5.41, 5.74) is -0.247. The number of rotatable bonds is 6. The zero-order chi connectivity index (χ0) is 29.9. The van der Waals surface area contributed by atoms with Crippen molar-refractivity contribution in [1.82, 2.24) is 15.5 Å². The Labute approximate surface area is 234 Å². The van der Waals surface area contributed by atoms with E-state index in [4.69, 9.17) is 11.6 Å². The van der Waals surface area contributed by atoms with E-state index in [0.717, 1.165) is 0 Å². The summed E-state index contributed by atoms with van der Waals surface area (Å²) in [5, 5.41) is 17.4. The highest BCUT2D eigenvalue weighted by molar-refractivity contribution is 6.31. The number of hydrogen-bond acceptors (Lipinski definition) is 5. The van der Waals surface area contributed by atoms with Crippen LogP contribution in [-0.2, 0) is 19.2 Å². The van der Waals surface area contributed by atoms with E-state index in [1.807, 2.05) is 25.2 Å². The Morgan fingerprint density at radius 2 is 1.88 bits per heavy atom. The summed E-state index contributed by atoms with van der Waals surface area (Å²) in [7, 11) is 0. The first kappa shape index (κ1) is 29.6. The van der Waals surface area contributed by atoms with Crippen LogP contribution in [-0.4, -0.2) is 59.4 Å². The highest BCUT2D eigenvalue weighted by Gasteiger charge is 2.70. The Morgan fingerprint density at radius 3 is 2.45 bits per heavy atom. The molecule has 2 fully saturated rings. The summed E-state index contributed by atoms with van der Waals surface area (Å²) in [4.78, 5) is 52.8. The number of alkyl halides is 3. The van der Waals surface area contributed by atoms with Gasteiger partial charge in [0.2, 0.25) is 17.7 Å². The van der Waals surface area contributed by atoms with Crippen LogP contribution in [0.15, 0.2) is 18.2 Å². The van der Waals surface area contributed by atoms with Crippen LogP contribution in [0, 0.1) is 34.0 Å². The minimum atomic E-state index is -5.19. The van der Waals surface area contributed by atoms with Crippen LogP contribution >= 0.6 is 11.6 Å². The third-order valence-electron chi connectivity index (χ3n) is 8.31. The molecule has 2 aliphatic heterocycles. The van der Waals surface area contributed by atoms with Crippen LogP contribution in [0.2, 0.25) is 5.02 Å². The molecule has 1 aromatic rings. The molecule has 0 spiro atoms. The van der Waals surface area contributed by atoms with E-state index in [1.165, 1.54) is 25.7 Å². The van der Waals surface area contributed by atoms with E-state index in [9.17, 15) is 37.6 Å². The number of carbonyl (C=O) groups excluding carboxylic acids is 4. The van der Waals surface area contributed by atoms with Crippen molar-refractivity contribution in [3.8, 4) is 6.07 Å². The number of amides is 4. The minimum Gasteiger partial charge on any atom is -0.339 e. The Kier molecular flexibility index (Phi) is 7.37. The summed E-state index contributed by atoms with van der Waals surface area (Å²) < 4.78 is 39.1. The number of anilines is 1. The Bertz CT molecular complexity index is 1300. The van der Waals surface area contributed by atoms with Gasteiger partial charge in [-0.2, -0.15) is 18.4 Å². The van der Waals surface area contributed by atoms with Crippen LogP contribution in [0.1, 0.15) is 52.5 Å². The molecule has 0 bridgehead atoms. The third-order valence-corrected chi connectivity index (χ3v) is 8.55. The lowest BCUT2D eigenvalue weighted by atomic mass is 9.85. The van der Waals surface area contributed by atoms with Gasteiger partial charge in [0.15, 0.2) is 0 Å². The molecule has 13 heteroatoms. The lowest BCUT2D eigenvalue weighted by Gasteiger charge is -2.37. The monoisotopic (exact) mass is 581 g/mol. The Morgan fingerprint density at radius 1 is 1.23 bits per heavy atom. The number of fused-ring (bicyclic) bond motifs is 2. The van der Waals surface area contributed by atoms with Crippen molar-refractivity contribution in [2.45, 2.75) is 71.3 Å². The molecule has 0 radical (unpaired) electrons. The molecular formula is C27H31ClF3N5O4. The van der Waals surface area contributed by atoms with E-state index >= 15 is 0 Å². The number of piperidine rings is 1. The number of likely N-dealkylation sites (tertiary alicyclic amines) is 1. The molecule has 1 saturated carbocycles. The van der Waals surface area contributed by atoms with Gasteiger partial charge in [-0.1, -0.05) is 46.2 Å². The second-order valence-corrected chi connectivity index (χ2v) is 12.8. The maximum Gasteiger partial charge on any atom is 0.471 e. The molecule has 1 aliphatic carbocycles. The highest BCUT2D eigenvalue weighted by Crippen LogP contribution is 2.65. The van der Waals surface area contributed by atoms with Crippen LogP contribution in [0.3, 0.4) is 0 Å². The zero-order valence-corrected chi connectivity index (χ0v) is 23.4. The second-order valence-electron chi connectivity index (χ2n) is 12.4. The normalized spacial score (nSPS) is 26.1. The number of carbonyl (C=O) groups is 4. The third kappa shape index (κ3) is 5.36. The summed E-state index contributed by atoms with van der Waals surface area (Å²) in [5.74, 6) is -5.15. The molecule has 1 aromatic carbocycles. The topological polar surface area (TPSA) is 131 Å². The van der Waals surface area contributed by atoms with Crippen LogP contribution in [0.4, 0.5) is 18.9 Å². The first-order chi connectivity index (χ1) is 18.4. The molecule has 4 amide bonds. The van der Waals surface area contributed by atoms with E-state index < -0.39 is 53.4 Å². The Hall–Kier alpha value is -3.33. The fourth-order valence-electron chi connectivity index (χ4n) is 6.01. The van der Waals surface area contributed by atoms with Gasteiger partial charge in [-0.05, 0) is 52.8 Å². The molecule has 40 heavy (non-hydrogen) atoms. The SMILES string of the molecule is CC(C)(C)[C@H](NC(=O)C(F)(F)F)C(=O)N1C[C@H]2[C@H]([C@H]1C(=O)N[C@H](C#N)CC1C(=O)Nc3ccc(Cl)cc31)C2(C)C. The summed E-state index contributed by atoms with van der Waals surface area (Å²) in [6.07, 6.45) is -5.24. The van der Waals surface area contributed by atoms with Crippen molar-refractivity contribution in [3.63, 3.8) is 0 Å². The number of nitrogens with one attached hydrogen (secondary N) is 3. The predicted molar refractivity (Wildman–Crippen MR) is 139 cm³/mol. The first-order valence-corrected chi connectivity index (χ1v) is 13.2. The maximum atomic E-state index is 13.6. The van der Waals surface area contributed by atoms with Gasteiger partial charge in [0.05, 0.1) is 12.0 Å². The van der Waals surface area contributed by atoms with Gasteiger partial charge in [-0.25, -0.2) is 0 Å². The molecule has 1 saturated heterocycles. The molecule has 1 unspecified atom stereocenters. The van der Waals surface area contributed by atoms with Crippen molar-refractivity contribution >= 4 is 40.9 Å². The van der Waals surface area contributed by atoms with Gasteiger partial charge >= 0.3 is 12.1 Å². The molecule has 2 heterocycles. The highest BCUT2D eigenvalue weighted by atomic mass is 35.5. The van der Waals surface area contributed by atoms with Crippen molar-refractivity contribution in [2.75, 3.05) is 11.9 Å². The van der Waals surface area contributed by atoms with Crippen molar-refractivity contribution in [3.05, 3.63) is 28.8 Å². The molecule has 3 aliphatic rings. The van der Waals surface area contributed by atoms with Crippen molar-refractivity contribution in [1.29, 1.82) is 5.26 Å². The molecule has 3 N–H and O–H groups in total. The first-order valence-electron chi connectivity index (χ1n) is 12.9. The number of benzene rings is 1. The minimum absolute atomic E-state index is 0.0498. The van der Waals surface area contributed by atoms with Crippen LogP contribution in [0.5, 0.6) is 0 Å². The smallest absolute Gasteiger partial charge is 0.339 e. The standard InChI is InChI=1S/C27H31ClF3N5O4/c1-25(2,3)20(35-24(40)27(29,30)31)23(39)36-11-16-18(26(16,4)5)19(36)22(38)33-13(10-32)9-15-14-8-12(28)6-7-17(14)34-21(15)37/h6-8,13,15-16,18-20H,9,11H2,1-5H3,(H,33,38)(H,34,37)(H,35,40)/t13-,15?,16-,18+,19-,20+/m0/s1. The number of hydrogen-bond donors (Lipinski definition) is 3. The van der Waals surface area contributed by atoms with Gasteiger partial charge < -0.3 is 20.9 Å². The van der Waals surface area contributed by atoms with Gasteiger partial charge in [0, 0.05) is 17.3 Å². The quantitative estimate of drug-likeness (QED) is 0.474. The summed E-state index contributed by atoms with van der Waals surface area (Å²) in [6, 6.07) is 3.18. The molecular weight excluding hydrogens is 551 g/mol. The van der Waals surface area contributed by atoms with E-state index in [2.05, 4.69) is 10.6 Å². The van der Waals surface area contributed by atoms with Crippen LogP contribution in [0.25, 0.3) is 0 Å². The summed E-state index contributed by atoms with van der Waals surface area (Å²) >= 11 is 6.08. The lowest BCUT2D eigenvalue weighted by molar-refractivity contribution is -0.176. The van der Waals surface area contributed by atoms with Crippen molar-refractivity contribution < 1.29 is 32.3 Å². The average Bonchev–Trinajstić information content (AvgIpc) is 3.14. The molecule has 9 nitrogen and oxygen atoms in total. The molecule has 6 atom stereocenters. The van der Waals surface area contributed by atoms with Crippen molar-refractivity contribution in [2.24, 2.45) is 22.7 Å². The fraction of sp³-hybridized carbons (Fsp3) is 0.593. The van der Waals surface area contributed by atoms with Gasteiger partial charge in [0.25, 0.3) is 0 Å². The van der Waals surface area contributed by atoms with Crippen LogP contribution < -0.4 is 16.0 Å². The predicted octanol–water partition coefficient (Wildman–Crippen LogP) is 3.35. The Balaban J connectivity index is 1.55. The largest absolute Gasteiger partial charge is 0.471 e. The second kappa shape index (κ2) is 9.94. The number of nitriles is 1. The number of nitrogens with zero attached hydrogens (tertiary/aromatic N) is 2. The van der Waals surface area contributed by atoms with Gasteiger partial charge in [-0.15, -0.1) is 0 Å². The molecule has 0 aromatic heterocycles. The van der Waals surface area contributed by atoms with Gasteiger partial charge in [-0.3, -0.25) is 19.2 Å². The summed E-state index contributed by atoms with van der Waals surface area (Å²) in [6.45, 7) is 8.54. The molecule has 216 valence electrons. The van der Waals surface area contributed by atoms with E-state index in [-0.39, 0.29) is 36.1 Å². The number of halogens is 4. The lowest BCUT2D eigenvalue weighted by Crippen LogP contribution is -2.61. The fourth-order valence-corrected chi connectivity index (χ4v) is 6.19.